The zero-order chi connectivity index (χ0) is 32.1. The van der Waals surface area contributed by atoms with Gasteiger partial charge in [0.05, 0.1) is 5.92 Å². The molecule has 0 spiro atoms. The van der Waals surface area contributed by atoms with Crippen LogP contribution in [0.3, 0.4) is 0 Å². The smallest absolute Gasteiger partial charge is 0.281 e. The maximum Gasteiger partial charge on any atom is 0.281 e. The molecule has 4 saturated heterocycles. The summed E-state index contributed by atoms with van der Waals surface area (Å²) in [6.07, 6.45) is 4.46. The molecule has 5 aliphatic heterocycles. The average molecular weight is 628 g/mol. The average Bonchev–Trinajstić information content (AvgIpc) is 3.72. The number of benzene rings is 2. The molecule has 0 aromatic heterocycles. The van der Waals surface area contributed by atoms with Crippen LogP contribution < -0.4 is 10.4 Å². The molecular weight excluding hydrogens is 586 g/mol. The number of ether oxygens (including phenoxy) is 1. The van der Waals surface area contributed by atoms with Gasteiger partial charge in [0.25, 0.3) is 11.8 Å². The maximum atomic E-state index is 14.6. The fourth-order valence-electron chi connectivity index (χ4n) is 9.15. The number of aliphatic hydroxyl groups is 1. The molecule has 2 unspecified atom stereocenters. The van der Waals surface area contributed by atoms with E-state index < -0.39 is 41.5 Å². The quantitative estimate of drug-likeness (QED) is 0.428. The van der Waals surface area contributed by atoms with Gasteiger partial charge in [0.1, 0.15) is 24.0 Å². The second-order valence-electron chi connectivity index (χ2n) is 14.3. The molecule has 3 amide bonds. The minimum absolute atomic E-state index is 0.0393. The maximum absolute atomic E-state index is 14.6. The molecule has 0 bridgehead atoms. The van der Waals surface area contributed by atoms with E-state index in [-0.39, 0.29) is 35.3 Å². The summed E-state index contributed by atoms with van der Waals surface area (Å²) in [6.45, 7) is 4.54. The number of likely N-dealkylation sites (N-methyl/N-ethyl adjacent to an activating group) is 1. The minimum atomic E-state index is -2.07. The van der Waals surface area contributed by atoms with Gasteiger partial charge in [-0.25, -0.2) is 0 Å². The van der Waals surface area contributed by atoms with E-state index in [0.717, 1.165) is 34.4 Å². The standard InChI is InChI=1S/C35H41N5O6/c1-20(2)34(33(43)40-28(15-21-9-5-4-6-10-21)32(42)38-14-8-13-29(38)35(40,44)46-34)36-31(41)23-16-25-24-11-7-12-26-30(24)22(19-39(26)45)17-27(25)37(3)18-23/h4-7,9-12,19-20,23,25,27-29,39,44H,8,13-18H2,1-3H3,(H,36,41)/t23-,25?,27-,28+,29+,34-,35+/m1/s1. The van der Waals surface area contributed by atoms with Gasteiger partial charge in [0.15, 0.2) is 0 Å². The van der Waals surface area contributed by atoms with Crippen LogP contribution in [0.2, 0.25) is 0 Å². The molecule has 8 atom stereocenters. The van der Waals surface area contributed by atoms with Crippen molar-refractivity contribution in [1.82, 2.24) is 20.0 Å². The van der Waals surface area contributed by atoms with Gasteiger partial charge in [0.2, 0.25) is 17.5 Å². The van der Waals surface area contributed by atoms with Crippen molar-refractivity contribution >= 4 is 29.0 Å². The lowest BCUT2D eigenvalue weighted by molar-refractivity contribution is -0.710. The van der Waals surface area contributed by atoms with Gasteiger partial charge in [-0.3, -0.25) is 24.0 Å². The van der Waals surface area contributed by atoms with Gasteiger partial charge < -0.3 is 30.5 Å². The fourth-order valence-corrected chi connectivity index (χ4v) is 9.15. The van der Waals surface area contributed by atoms with Crippen LogP contribution in [0.5, 0.6) is 0 Å². The van der Waals surface area contributed by atoms with Gasteiger partial charge in [-0.1, -0.05) is 56.3 Å². The lowest BCUT2D eigenvalue weighted by atomic mass is 9.70. The number of piperazine rings is 1. The highest BCUT2D eigenvalue weighted by atomic mass is 16.7. The van der Waals surface area contributed by atoms with E-state index >= 15 is 0 Å². The molecule has 46 heavy (non-hydrogen) atoms. The second-order valence-corrected chi connectivity index (χ2v) is 14.3. The zero-order valence-electron chi connectivity index (χ0n) is 26.4. The largest absolute Gasteiger partial charge is 0.624 e. The van der Waals surface area contributed by atoms with Crippen molar-refractivity contribution in [3.63, 3.8) is 0 Å². The number of carbonyl (C=O) groups excluding carboxylic acids is 3. The number of hydrogen-bond donors (Lipinski definition) is 3. The van der Waals surface area contributed by atoms with E-state index in [1.54, 1.807) is 24.9 Å². The Kier molecular flexibility index (Phi) is 6.76. The Balaban J connectivity index is 1.11. The molecule has 2 aromatic carbocycles. The number of amides is 3. The summed E-state index contributed by atoms with van der Waals surface area (Å²) in [7, 11) is 2.01. The number of likely N-dealkylation sites (tertiary alicyclic amines) is 1. The van der Waals surface area contributed by atoms with E-state index in [2.05, 4.69) is 16.3 Å². The first kappa shape index (κ1) is 29.8. The van der Waals surface area contributed by atoms with Crippen molar-refractivity contribution in [2.24, 2.45) is 11.8 Å². The highest BCUT2D eigenvalue weighted by Gasteiger charge is 2.72. The molecule has 1 aliphatic carbocycles. The number of quaternary nitrogens is 1. The van der Waals surface area contributed by atoms with Crippen molar-refractivity contribution in [2.75, 3.05) is 20.1 Å². The topological polar surface area (TPSA) is 130 Å². The number of nitrogens with zero attached hydrogens (tertiary/aromatic N) is 3. The highest BCUT2D eigenvalue weighted by molar-refractivity contribution is 5.97. The molecule has 8 rings (SSSR count). The summed E-state index contributed by atoms with van der Waals surface area (Å²) in [6, 6.07) is 13.8. The molecule has 6 aliphatic rings. The van der Waals surface area contributed by atoms with Gasteiger partial charge in [-0.15, -0.1) is 0 Å². The van der Waals surface area contributed by atoms with Crippen LogP contribution in [0.15, 0.2) is 54.7 Å². The van der Waals surface area contributed by atoms with Crippen molar-refractivity contribution in [3.05, 3.63) is 76.6 Å². The summed E-state index contributed by atoms with van der Waals surface area (Å²) in [5.41, 5.74) is 2.93. The predicted octanol–water partition coefficient (Wildman–Crippen LogP) is 1.45. The first-order valence-electron chi connectivity index (χ1n) is 16.5. The molecular formula is C35H41N5O6. The van der Waals surface area contributed by atoms with Crippen molar-refractivity contribution in [3.8, 4) is 0 Å². The predicted molar refractivity (Wildman–Crippen MR) is 168 cm³/mol. The monoisotopic (exact) mass is 627 g/mol. The van der Waals surface area contributed by atoms with Crippen LogP contribution in [0, 0.1) is 17.0 Å². The number of piperidine rings is 1. The van der Waals surface area contributed by atoms with Crippen LogP contribution in [-0.2, 0) is 25.5 Å². The Morgan fingerprint density at radius 1 is 1.17 bits per heavy atom. The van der Waals surface area contributed by atoms with E-state index in [9.17, 15) is 24.7 Å². The molecule has 11 heteroatoms. The lowest BCUT2D eigenvalue weighted by Gasteiger charge is -2.48. The molecule has 4 fully saturated rings. The number of hydroxylamine groups is 1. The van der Waals surface area contributed by atoms with Crippen molar-refractivity contribution in [2.45, 2.75) is 81.6 Å². The third-order valence-electron chi connectivity index (χ3n) is 11.4. The Morgan fingerprint density at radius 2 is 1.96 bits per heavy atom. The SMILES string of the molecule is CC(C)[C@@]1(NC(=O)[C@@H]2CC3c4cccc5c4C(=C[NH+]5[O-])C[C@H]3N(C)C2)O[C@@]2(O)[C@@H]3CCCN3C(=O)[C@H](Cc3ccccc3)N2C1=O. The summed E-state index contributed by atoms with van der Waals surface area (Å²) in [4.78, 5) is 47.9. The molecule has 242 valence electrons. The number of rotatable bonds is 5. The zero-order valence-corrected chi connectivity index (χ0v) is 26.4. The third-order valence-corrected chi connectivity index (χ3v) is 11.4. The Labute approximate surface area is 268 Å². The summed E-state index contributed by atoms with van der Waals surface area (Å²) < 4.78 is 6.49. The van der Waals surface area contributed by atoms with Gasteiger partial charge in [0, 0.05) is 54.6 Å². The lowest BCUT2D eigenvalue weighted by Crippen LogP contribution is -2.95. The Bertz CT molecular complexity index is 1650. The van der Waals surface area contributed by atoms with Crippen LogP contribution in [0.25, 0.3) is 5.57 Å². The fraction of sp³-hybridized carbons (Fsp3) is 0.514. The number of hydrogen-bond acceptors (Lipinski definition) is 7. The summed E-state index contributed by atoms with van der Waals surface area (Å²) in [5.74, 6) is -4.16. The molecule has 11 nitrogen and oxygen atoms in total. The first-order valence-corrected chi connectivity index (χ1v) is 16.5. The number of fused-ring (bicyclic) bond motifs is 5. The van der Waals surface area contributed by atoms with Crippen LogP contribution in [-0.4, -0.2) is 87.4 Å². The molecule has 3 N–H and O–H groups in total. The van der Waals surface area contributed by atoms with Gasteiger partial charge in [-0.05, 0) is 43.9 Å². The van der Waals surface area contributed by atoms with Crippen LogP contribution in [0.4, 0.5) is 5.69 Å². The normalized spacial score (nSPS) is 36.3. The van der Waals surface area contributed by atoms with E-state index in [1.807, 2.05) is 49.5 Å². The molecule has 5 heterocycles. The number of carbonyl (C=O) groups is 3. The van der Waals surface area contributed by atoms with Crippen molar-refractivity contribution < 1.29 is 29.3 Å². The van der Waals surface area contributed by atoms with Gasteiger partial charge in [-0.2, -0.15) is 0 Å². The van der Waals surface area contributed by atoms with Crippen LogP contribution >= 0.6 is 0 Å². The summed E-state index contributed by atoms with van der Waals surface area (Å²) >= 11 is 0. The van der Waals surface area contributed by atoms with Crippen molar-refractivity contribution in [1.29, 1.82) is 0 Å². The second kappa shape index (κ2) is 10.4. The van der Waals surface area contributed by atoms with Crippen LogP contribution in [0.1, 0.15) is 62.1 Å². The molecule has 0 saturated carbocycles. The van der Waals surface area contributed by atoms with E-state index in [0.29, 0.717) is 32.4 Å². The summed E-state index contributed by atoms with van der Waals surface area (Å²) in [5, 5.41) is 28.1. The number of nitrogens with one attached hydrogen (secondary N) is 2. The van der Waals surface area contributed by atoms with E-state index in [4.69, 9.17) is 4.74 Å². The Hall–Kier alpha value is -3.61. The molecule has 0 radical (unpaired) electrons. The molecule has 2 aromatic rings. The Morgan fingerprint density at radius 3 is 2.72 bits per heavy atom. The first-order chi connectivity index (χ1) is 22.0. The van der Waals surface area contributed by atoms with E-state index in [1.165, 1.54) is 4.90 Å². The highest BCUT2D eigenvalue weighted by Crippen LogP contribution is 2.50. The minimum Gasteiger partial charge on any atom is -0.624 e. The van der Waals surface area contributed by atoms with Gasteiger partial charge >= 0.3 is 0 Å². The third kappa shape index (κ3) is 4.12.